The number of hydrogen-bond donors (Lipinski definition) is 2. The van der Waals surface area contributed by atoms with Gasteiger partial charge in [0.2, 0.25) is 0 Å². The largest absolute Gasteiger partial charge is 1.00 e. The molecule has 0 atom stereocenters. The summed E-state index contributed by atoms with van der Waals surface area (Å²) in [5.74, 6) is 0. The molecule has 0 heterocycles. The van der Waals surface area contributed by atoms with Gasteiger partial charge < -0.3 is 16.4 Å². The maximum absolute atomic E-state index is 7.50. The summed E-state index contributed by atoms with van der Waals surface area (Å²) in [5, 5.41) is 7.27. The second-order valence-electron chi connectivity index (χ2n) is 0.438. The van der Waals surface area contributed by atoms with E-state index in [4.69, 9.17) is 5.21 Å². The van der Waals surface area contributed by atoms with E-state index in [0.29, 0.717) is 0 Å². The van der Waals surface area contributed by atoms with Crippen molar-refractivity contribution in [2.24, 2.45) is 5.73 Å². The van der Waals surface area contributed by atoms with Crippen molar-refractivity contribution in [2.75, 3.05) is 0 Å². The van der Waals surface area contributed by atoms with Crippen LogP contribution in [0.2, 0.25) is 0 Å². The summed E-state index contributed by atoms with van der Waals surface area (Å²) >= 11 is 4.06. The molecule has 0 radical (unpaired) electrons. The van der Waals surface area contributed by atoms with Gasteiger partial charge in [-0.15, -0.1) is 0 Å². The number of rotatable bonds is 0. The fraction of sp³-hybridized carbons (Fsp3) is 0. The molecule has 0 bridgehead atoms. The predicted molar refractivity (Wildman–Crippen MR) is 21.9 cm³/mol. The molecule has 0 aromatic heterocycles. The minimum absolute atomic E-state index is 0. The van der Waals surface area contributed by atoms with Gasteiger partial charge in [-0.2, -0.15) is 0 Å². The molecule has 3 nitrogen and oxygen atoms in total. The first kappa shape index (κ1) is 9.54. The van der Waals surface area contributed by atoms with Gasteiger partial charge in [-0.25, -0.2) is 0 Å². The molecule has 0 aromatic rings. The quantitative estimate of drug-likeness (QED) is 0.193. The number of nitrogens with zero attached hydrogens (tertiary/aromatic N) is 1. The molecule has 5 heteroatoms. The van der Waals surface area contributed by atoms with Crippen LogP contribution in [0.1, 0.15) is 0 Å². The average Bonchev–Trinajstić information content (AvgIpc) is 1.38. The molecule has 0 amide bonds. The van der Waals surface area contributed by atoms with E-state index < -0.39 is 0 Å². The first-order valence-corrected chi connectivity index (χ1v) is 1.32. The summed E-state index contributed by atoms with van der Waals surface area (Å²) in [7, 11) is 0. The van der Waals surface area contributed by atoms with Gasteiger partial charge in [0.25, 0.3) is 0 Å². The Morgan fingerprint density at radius 3 is 2.00 bits per heavy atom. The van der Waals surface area contributed by atoms with E-state index in [0.717, 1.165) is 0 Å². The van der Waals surface area contributed by atoms with E-state index in [1.807, 2.05) is 0 Å². The molecule has 0 saturated carbocycles. The van der Waals surface area contributed by atoms with Gasteiger partial charge in [-0.1, -0.05) is 12.2 Å². The summed E-state index contributed by atoms with van der Waals surface area (Å²) < 4.78 is 0. The average molecular weight is 98.1 g/mol. The van der Waals surface area contributed by atoms with Crippen molar-refractivity contribution in [1.29, 1.82) is 0 Å². The van der Waals surface area contributed by atoms with E-state index in [-0.39, 0.29) is 24.0 Å². The third-order valence-corrected chi connectivity index (χ3v) is 0.180. The summed E-state index contributed by atoms with van der Waals surface area (Å²) in [6.45, 7) is 0. The van der Waals surface area contributed by atoms with Crippen LogP contribution in [0.15, 0.2) is 0 Å². The fourth-order valence-electron chi connectivity index (χ4n) is 0. The summed E-state index contributed by atoms with van der Waals surface area (Å²) in [6, 6.07) is 0. The molecule has 30 valence electrons. The van der Waals surface area contributed by atoms with E-state index in [2.05, 4.69) is 23.4 Å². The minimum Gasteiger partial charge on any atom is -0.485 e. The molecule has 0 aliphatic heterocycles. The number of thiocarbonyl (C=S) groups is 1. The molecule has 0 aliphatic carbocycles. The van der Waals surface area contributed by atoms with E-state index in [9.17, 15) is 0 Å². The molecule has 0 rings (SSSR count). The molecule has 0 fully saturated rings. The Bertz CT molecular complexity index is 48.8. The summed E-state index contributed by atoms with van der Waals surface area (Å²) in [5.41, 5.74) is 7.00. The van der Waals surface area contributed by atoms with Gasteiger partial charge in [-0.3, -0.25) is 0 Å². The molecule has 0 aliphatic rings. The van der Waals surface area contributed by atoms with Crippen LogP contribution < -0.4 is 24.6 Å². The second kappa shape index (κ2) is 5.25. The van der Waals surface area contributed by atoms with E-state index in [1.165, 1.54) is 0 Å². The Kier molecular flexibility index (Phi) is 8.34. The topological polar surface area (TPSA) is 60.4 Å². The first-order valence-electron chi connectivity index (χ1n) is 0.916. The SMILES string of the molecule is NC(=S)[N-]O.[Li+]. The molecule has 0 unspecified atom stereocenters. The summed E-state index contributed by atoms with van der Waals surface area (Å²) in [4.78, 5) is 0. The molecule has 6 heavy (non-hydrogen) atoms. The standard InChI is InChI=1S/CH4N2OS.Li/c2-1(5)3-4;/h(H4,2,3,4,5);/q;+1/p-1. The van der Waals surface area contributed by atoms with E-state index in [1.54, 1.807) is 0 Å². The molecule has 3 N–H and O–H groups in total. The molecule has 0 saturated heterocycles. The smallest absolute Gasteiger partial charge is 0.485 e. The van der Waals surface area contributed by atoms with E-state index >= 15 is 0 Å². The maximum atomic E-state index is 7.50. The monoisotopic (exact) mass is 98.0 g/mol. The predicted octanol–water partition coefficient (Wildman–Crippen LogP) is -3.00. The van der Waals surface area contributed by atoms with Crippen molar-refractivity contribution in [3.05, 3.63) is 5.48 Å². The maximum Gasteiger partial charge on any atom is 1.00 e. The third kappa shape index (κ3) is 8.87. The van der Waals surface area contributed by atoms with Crippen LogP contribution in [0.5, 0.6) is 0 Å². The van der Waals surface area contributed by atoms with Crippen LogP contribution >= 0.6 is 12.2 Å². The molecular weight excluding hydrogens is 95.0 g/mol. The van der Waals surface area contributed by atoms with Crippen LogP contribution in [0.4, 0.5) is 0 Å². The zero-order valence-corrected chi connectivity index (χ0v) is 4.20. The van der Waals surface area contributed by atoms with Crippen molar-refractivity contribution in [1.82, 2.24) is 0 Å². The fourth-order valence-corrected chi connectivity index (χ4v) is 0. The third-order valence-electron chi connectivity index (χ3n) is 0.0986. The Hall–Kier alpha value is 0.247. The molecular formula is CH3LiN2OS. The van der Waals surface area contributed by atoms with Crippen LogP contribution in [-0.4, -0.2) is 10.3 Å². The zero-order chi connectivity index (χ0) is 4.28. The van der Waals surface area contributed by atoms with Crippen molar-refractivity contribution in [2.45, 2.75) is 0 Å². The van der Waals surface area contributed by atoms with Gasteiger partial charge >= 0.3 is 18.9 Å². The number of nitrogens with two attached hydrogens (primary N) is 1. The normalized spacial score (nSPS) is 5.50. The van der Waals surface area contributed by atoms with Gasteiger partial charge in [0, 0.05) is 5.11 Å². The van der Waals surface area contributed by atoms with Crippen molar-refractivity contribution in [3.63, 3.8) is 0 Å². The summed E-state index contributed by atoms with van der Waals surface area (Å²) in [6.07, 6.45) is 0. The van der Waals surface area contributed by atoms with Crippen molar-refractivity contribution < 1.29 is 24.1 Å². The second-order valence-corrected chi connectivity index (χ2v) is 0.857. The number of hydroxylamine groups is 1. The van der Waals surface area contributed by atoms with Crippen LogP contribution in [-0.2, 0) is 0 Å². The van der Waals surface area contributed by atoms with Gasteiger partial charge in [0.15, 0.2) is 0 Å². The van der Waals surface area contributed by atoms with Gasteiger partial charge in [-0.05, 0) is 0 Å². The Balaban J connectivity index is 0. The molecule has 0 aromatic carbocycles. The first-order chi connectivity index (χ1) is 2.27. The Morgan fingerprint density at radius 2 is 2.00 bits per heavy atom. The van der Waals surface area contributed by atoms with Crippen LogP contribution in [0.3, 0.4) is 0 Å². The van der Waals surface area contributed by atoms with Crippen LogP contribution in [0.25, 0.3) is 5.48 Å². The van der Waals surface area contributed by atoms with Crippen LogP contribution in [0, 0.1) is 0 Å². The van der Waals surface area contributed by atoms with Crippen molar-refractivity contribution in [3.8, 4) is 0 Å². The Morgan fingerprint density at radius 1 is 1.83 bits per heavy atom. The van der Waals surface area contributed by atoms with Gasteiger partial charge in [0.1, 0.15) is 0 Å². The molecule has 0 spiro atoms. The zero-order valence-electron chi connectivity index (χ0n) is 3.38. The van der Waals surface area contributed by atoms with Crippen molar-refractivity contribution >= 4 is 17.3 Å². The van der Waals surface area contributed by atoms with Gasteiger partial charge in [0.05, 0.1) is 0 Å². The number of hydrogen-bond acceptors (Lipinski definition) is 2. The minimum atomic E-state index is -0.231. The Labute approximate surface area is 53.0 Å².